The van der Waals surface area contributed by atoms with Crippen molar-refractivity contribution < 1.29 is 23.1 Å². The Hall–Kier alpha value is -2.95. The lowest BCUT2D eigenvalue weighted by atomic mass is 10.0. The zero-order valence-corrected chi connectivity index (χ0v) is 20.7. The largest absolute Gasteiger partial charge is 0.497 e. The number of carbonyl (C=O) groups excluding carboxylic acids is 1. The van der Waals surface area contributed by atoms with E-state index in [1.807, 2.05) is 54.6 Å². The smallest absolute Gasteiger partial charge is 0.251 e. The van der Waals surface area contributed by atoms with Crippen LogP contribution in [-0.2, 0) is 23.0 Å². The number of primary sulfonamides is 1. The Morgan fingerprint density at radius 2 is 1.77 bits per heavy atom. The summed E-state index contributed by atoms with van der Waals surface area (Å²) < 4.78 is 28.7. The molecule has 2 unspecified atom stereocenters. The predicted octanol–water partition coefficient (Wildman–Crippen LogP) is 2.49. The van der Waals surface area contributed by atoms with E-state index in [2.05, 4.69) is 10.6 Å². The number of methoxy groups -OCH3 is 1. The first-order valence-corrected chi connectivity index (χ1v) is 12.8. The van der Waals surface area contributed by atoms with Crippen LogP contribution in [0.5, 0.6) is 5.75 Å². The maximum absolute atomic E-state index is 12.6. The van der Waals surface area contributed by atoms with Crippen molar-refractivity contribution in [2.24, 2.45) is 5.14 Å². The normalized spacial score (nSPS) is 13.1. The van der Waals surface area contributed by atoms with Crippen molar-refractivity contribution in [1.29, 1.82) is 0 Å². The molecule has 186 valence electrons. The van der Waals surface area contributed by atoms with Crippen LogP contribution in [0.1, 0.15) is 21.5 Å². The lowest BCUT2D eigenvalue weighted by Gasteiger charge is -2.25. The van der Waals surface area contributed by atoms with Crippen LogP contribution < -0.4 is 20.5 Å². The highest BCUT2D eigenvalue weighted by Crippen LogP contribution is 2.21. The number of nitrogens with two attached hydrogens (primary N) is 1. The van der Waals surface area contributed by atoms with Gasteiger partial charge in [-0.3, -0.25) is 4.79 Å². The fraction of sp³-hybridized carbons (Fsp3) is 0.240. The molecule has 0 aliphatic carbocycles. The van der Waals surface area contributed by atoms with Gasteiger partial charge in [0, 0.05) is 24.7 Å². The van der Waals surface area contributed by atoms with Crippen LogP contribution in [0.2, 0.25) is 5.02 Å². The number of sulfonamides is 1. The van der Waals surface area contributed by atoms with Crippen LogP contribution in [-0.4, -0.2) is 45.2 Å². The highest BCUT2D eigenvalue weighted by Gasteiger charge is 2.22. The molecule has 0 spiro atoms. The molecule has 10 heteroatoms. The first-order chi connectivity index (χ1) is 16.7. The molecule has 0 fully saturated rings. The second kappa shape index (κ2) is 12.1. The number of hydrogen-bond acceptors (Lipinski definition) is 6. The molecule has 3 rings (SSSR count). The van der Waals surface area contributed by atoms with Crippen LogP contribution in [0.25, 0.3) is 0 Å². The van der Waals surface area contributed by atoms with E-state index < -0.39 is 22.0 Å². The van der Waals surface area contributed by atoms with Gasteiger partial charge in [-0.1, -0.05) is 54.1 Å². The number of benzene rings is 3. The van der Waals surface area contributed by atoms with E-state index in [1.54, 1.807) is 7.11 Å². The van der Waals surface area contributed by atoms with Crippen molar-refractivity contribution in [3.63, 3.8) is 0 Å². The zero-order chi connectivity index (χ0) is 25.4. The molecule has 0 saturated heterocycles. The number of aliphatic hydroxyl groups is 1. The zero-order valence-electron chi connectivity index (χ0n) is 19.1. The Morgan fingerprint density at radius 1 is 1.06 bits per heavy atom. The van der Waals surface area contributed by atoms with E-state index >= 15 is 0 Å². The molecule has 0 saturated carbocycles. The Bertz CT molecular complexity index is 1250. The minimum absolute atomic E-state index is 0.0607. The molecule has 1 amide bonds. The van der Waals surface area contributed by atoms with Gasteiger partial charge in [0.25, 0.3) is 5.91 Å². The number of rotatable bonds is 11. The molecule has 8 nitrogen and oxygen atoms in total. The monoisotopic (exact) mass is 517 g/mol. The molecular formula is C25H28ClN3O5S. The fourth-order valence-corrected chi connectivity index (χ4v) is 4.62. The SMILES string of the molecule is COc1cccc(CNC(Cc2ccccc2)C(O)CNC(=O)c2ccc(Cl)c(S(N)(=O)=O)c2)c1. The Balaban J connectivity index is 1.69. The standard InChI is InChI=1S/C25H28ClN3O5S/c1-34-20-9-5-8-18(12-20)15-28-22(13-17-6-3-2-4-7-17)23(30)16-29-25(31)19-10-11-21(26)24(14-19)35(27,32)33/h2-12,14,22-23,28,30H,13,15-16H2,1H3,(H,29,31)(H2,27,32,33). The van der Waals surface area contributed by atoms with Crippen molar-refractivity contribution >= 4 is 27.5 Å². The third-order valence-corrected chi connectivity index (χ3v) is 6.83. The molecule has 0 bridgehead atoms. The first kappa shape index (κ1) is 26.7. The molecule has 3 aromatic rings. The number of carbonyl (C=O) groups is 1. The Labute approximate surface area is 210 Å². The van der Waals surface area contributed by atoms with Gasteiger partial charge in [0.05, 0.1) is 18.2 Å². The third kappa shape index (κ3) is 7.78. The number of nitrogens with one attached hydrogen (secondary N) is 2. The van der Waals surface area contributed by atoms with Crippen molar-refractivity contribution in [3.8, 4) is 5.75 Å². The number of hydrogen-bond donors (Lipinski definition) is 4. The minimum atomic E-state index is -4.09. The van der Waals surface area contributed by atoms with E-state index in [0.29, 0.717) is 13.0 Å². The van der Waals surface area contributed by atoms with Crippen LogP contribution in [0.3, 0.4) is 0 Å². The lowest BCUT2D eigenvalue weighted by Crippen LogP contribution is -2.47. The molecule has 0 heterocycles. The van der Waals surface area contributed by atoms with Gasteiger partial charge in [-0.2, -0.15) is 0 Å². The molecule has 2 atom stereocenters. The summed E-state index contributed by atoms with van der Waals surface area (Å²) in [5.74, 6) is 0.176. The van der Waals surface area contributed by atoms with Gasteiger partial charge < -0.3 is 20.5 Å². The van der Waals surface area contributed by atoms with Crippen LogP contribution in [0.15, 0.2) is 77.7 Å². The maximum Gasteiger partial charge on any atom is 0.251 e. The Kier molecular flexibility index (Phi) is 9.25. The van der Waals surface area contributed by atoms with Gasteiger partial charge >= 0.3 is 0 Å². The summed E-state index contributed by atoms with van der Waals surface area (Å²) in [4.78, 5) is 12.3. The molecule has 5 N–H and O–H groups in total. The topological polar surface area (TPSA) is 131 Å². The summed E-state index contributed by atoms with van der Waals surface area (Å²) in [5, 5.41) is 22.0. The molecule has 0 aliphatic rings. The summed E-state index contributed by atoms with van der Waals surface area (Å²) in [6, 6.07) is 20.7. The number of amides is 1. The van der Waals surface area contributed by atoms with E-state index in [0.717, 1.165) is 22.9 Å². The Morgan fingerprint density at radius 3 is 2.46 bits per heavy atom. The highest BCUT2D eigenvalue weighted by molar-refractivity contribution is 7.89. The highest BCUT2D eigenvalue weighted by atomic mass is 35.5. The number of aliphatic hydroxyl groups excluding tert-OH is 1. The van der Waals surface area contributed by atoms with E-state index in [-0.39, 0.29) is 28.1 Å². The number of ether oxygens (including phenoxy) is 1. The maximum atomic E-state index is 12.6. The van der Waals surface area contributed by atoms with Crippen molar-refractivity contribution in [2.45, 2.75) is 30.0 Å². The third-order valence-electron chi connectivity index (χ3n) is 5.44. The molecule has 0 aliphatic heterocycles. The average Bonchev–Trinajstić information content (AvgIpc) is 2.85. The average molecular weight is 518 g/mol. The van der Waals surface area contributed by atoms with Gasteiger partial charge in [0.1, 0.15) is 10.6 Å². The fourth-order valence-electron chi connectivity index (χ4n) is 3.55. The van der Waals surface area contributed by atoms with Crippen LogP contribution >= 0.6 is 11.6 Å². The molecule has 35 heavy (non-hydrogen) atoms. The van der Waals surface area contributed by atoms with Gasteiger partial charge in [0.2, 0.25) is 10.0 Å². The summed E-state index contributed by atoms with van der Waals surface area (Å²) in [6.07, 6.45) is -0.409. The molecule has 0 aromatic heterocycles. The van der Waals surface area contributed by atoms with Crippen LogP contribution in [0, 0.1) is 0 Å². The van der Waals surface area contributed by atoms with E-state index in [4.69, 9.17) is 21.5 Å². The summed E-state index contributed by atoms with van der Waals surface area (Å²) in [7, 11) is -2.49. The first-order valence-electron chi connectivity index (χ1n) is 10.9. The predicted molar refractivity (Wildman–Crippen MR) is 135 cm³/mol. The van der Waals surface area contributed by atoms with E-state index in [9.17, 15) is 18.3 Å². The second-order valence-electron chi connectivity index (χ2n) is 8.00. The lowest BCUT2D eigenvalue weighted by molar-refractivity contribution is 0.0874. The molecule has 0 radical (unpaired) electrons. The van der Waals surface area contributed by atoms with Gasteiger partial charge in [-0.25, -0.2) is 13.6 Å². The quantitative estimate of drug-likeness (QED) is 0.309. The van der Waals surface area contributed by atoms with Crippen LogP contribution in [0.4, 0.5) is 0 Å². The summed E-state index contributed by atoms with van der Waals surface area (Å²) in [5.41, 5.74) is 2.07. The van der Waals surface area contributed by atoms with Crippen molar-refractivity contribution in [2.75, 3.05) is 13.7 Å². The summed E-state index contributed by atoms with van der Waals surface area (Å²) in [6.45, 7) is 0.420. The van der Waals surface area contributed by atoms with Crippen molar-refractivity contribution in [1.82, 2.24) is 10.6 Å². The molecule has 3 aromatic carbocycles. The van der Waals surface area contributed by atoms with Gasteiger partial charge in [-0.05, 0) is 47.9 Å². The molecular weight excluding hydrogens is 490 g/mol. The van der Waals surface area contributed by atoms with Gasteiger partial charge in [0.15, 0.2) is 0 Å². The van der Waals surface area contributed by atoms with Crippen molar-refractivity contribution in [3.05, 3.63) is 94.5 Å². The number of halogens is 1. The van der Waals surface area contributed by atoms with E-state index in [1.165, 1.54) is 12.1 Å². The second-order valence-corrected chi connectivity index (χ2v) is 9.93. The summed E-state index contributed by atoms with van der Waals surface area (Å²) >= 11 is 5.89. The minimum Gasteiger partial charge on any atom is -0.497 e. The van der Waals surface area contributed by atoms with Gasteiger partial charge in [-0.15, -0.1) is 0 Å².